The predicted molar refractivity (Wildman–Crippen MR) is 147 cm³/mol. The van der Waals surface area contributed by atoms with Crippen molar-refractivity contribution in [3.8, 4) is 0 Å². The van der Waals surface area contributed by atoms with Crippen molar-refractivity contribution in [3.05, 3.63) is 83.3 Å². The molecule has 1 spiro atoms. The van der Waals surface area contributed by atoms with Crippen molar-refractivity contribution in [2.24, 2.45) is 23.7 Å². The molecule has 1 saturated carbocycles. The average Bonchev–Trinajstić information content (AvgIpc) is 3.23. The summed E-state index contributed by atoms with van der Waals surface area (Å²) in [4.78, 5) is 34.5. The number of hydrogen-bond acceptors (Lipinski definition) is 3. The maximum Gasteiger partial charge on any atom is 0.233 e. The van der Waals surface area contributed by atoms with Gasteiger partial charge < -0.3 is 20.0 Å². The number of aromatic amines is 2. The Bertz CT molecular complexity index is 1530. The van der Waals surface area contributed by atoms with Crippen LogP contribution in [0.25, 0.3) is 10.9 Å². The third-order valence-electron chi connectivity index (χ3n) is 10.1. The fraction of sp³-hybridized carbons (Fsp3) is 0.438. The van der Waals surface area contributed by atoms with Crippen molar-refractivity contribution >= 4 is 22.6 Å². The molecule has 2 bridgehead atoms. The molecule has 196 valence electrons. The first-order chi connectivity index (χ1) is 18.2. The smallest absolute Gasteiger partial charge is 0.233 e. The highest BCUT2D eigenvalue weighted by atomic mass is 16.6. The molecule has 3 aliphatic heterocycles. The van der Waals surface area contributed by atoms with Crippen LogP contribution in [0.1, 0.15) is 55.9 Å². The van der Waals surface area contributed by atoms with Gasteiger partial charge in [-0.3, -0.25) is 9.59 Å². The van der Waals surface area contributed by atoms with Crippen LogP contribution in [0.15, 0.2) is 66.4 Å². The number of H-pyrrole nitrogens is 2. The first-order valence-electron chi connectivity index (χ1n) is 13.9. The summed E-state index contributed by atoms with van der Waals surface area (Å²) in [6.45, 7) is 8.46. The summed E-state index contributed by atoms with van der Waals surface area (Å²) in [6, 6.07) is 12.1. The van der Waals surface area contributed by atoms with E-state index in [0.717, 1.165) is 29.6 Å². The average molecular weight is 510 g/mol. The number of para-hydroxylation sites is 1. The van der Waals surface area contributed by atoms with Crippen LogP contribution in [0.4, 0.5) is 0 Å². The maximum absolute atomic E-state index is 14.4. The van der Waals surface area contributed by atoms with Crippen molar-refractivity contribution in [2.45, 2.75) is 63.7 Å². The van der Waals surface area contributed by atoms with Crippen LogP contribution in [0.2, 0.25) is 0 Å². The monoisotopic (exact) mass is 509 g/mol. The Morgan fingerprint density at radius 3 is 2.76 bits per heavy atom. The second kappa shape index (κ2) is 8.06. The van der Waals surface area contributed by atoms with E-state index in [4.69, 9.17) is 4.74 Å². The van der Waals surface area contributed by atoms with Crippen molar-refractivity contribution in [1.82, 2.24) is 15.3 Å². The predicted octanol–water partition coefficient (Wildman–Crippen LogP) is 5.24. The molecular weight excluding hydrogens is 474 g/mol. The molecule has 0 radical (unpaired) electrons. The van der Waals surface area contributed by atoms with Gasteiger partial charge in [0.15, 0.2) is 0 Å². The summed E-state index contributed by atoms with van der Waals surface area (Å²) in [5.74, 6) is 0.242. The topological polar surface area (TPSA) is 90.3 Å². The molecule has 38 heavy (non-hydrogen) atoms. The number of aromatic nitrogens is 2. The minimum atomic E-state index is -0.841. The number of epoxide rings is 1. The van der Waals surface area contributed by atoms with Crippen LogP contribution in [-0.2, 0) is 21.4 Å². The fourth-order valence-corrected chi connectivity index (χ4v) is 8.03. The standard InChI is InChI=1S/C32H35N3O3/c1-17-8-7-10-22-29-31(4,38-29)19(3)27-25(15-20-16-33-23-11-6-5-9-21(20)23)35-30(37)32(22,27)26-13-12-24(34-26)28(36)18(2)14-17/h5-7,9-14,16-17,19,22,25,27,29,33-34H,8,15H2,1-4H3,(H,35,37)/b10-7+,18-14+/t17-,19-,22-,25-,27?,29-,31+,32+/m0/s1. The van der Waals surface area contributed by atoms with E-state index in [-0.39, 0.29) is 53.1 Å². The van der Waals surface area contributed by atoms with Gasteiger partial charge in [0.1, 0.15) is 5.41 Å². The van der Waals surface area contributed by atoms with E-state index in [1.54, 1.807) is 0 Å². The first kappa shape index (κ1) is 23.7. The maximum atomic E-state index is 14.4. The Balaban J connectivity index is 1.40. The minimum Gasteiger partial charge on any atom is -0.365 e. The van der Waals surface area contributed by atoms with Crippen LogP contribution in [0.5, 0.6) is 0 Å². The number of amides is 1. The van der Waals surface area contributed by atoms with Crippen molar-refractivity contribution in [2.75, 3.05) is 0 Å². The van der Waals surface area contributed by atoms with Gasteiger partial charge in [-0.1, -0.05) is 50.3 Å². The van der Waals surface area contributed by atoms with Gasteiger partial charge in [0.25, 0.3) is 0 Å². The Hall–Kier alpha value is -3.38. The number of carbonyl (C=O) groups is 2. The molecule has 3 N–H and O–H groups in total. The van der Waals surface area contributed by atoms with E-state index in [1.807, 2.05) is 31.2 Å². The third-order valence-corrected chi connectivity index (χ3v) is 10.1. The van der Waals surface area contributed by atoms with Crippen LogP contribution < -0.4 is 5.32 Å². The Labute approximate surface area is 222 Å². The van der Waals surface area contributed by atoms with Gasteiger partial charge in [0.05, 0.1) is 17.4 Å². The number of carbonyl (C=O) groups excluding carboxylic acids is 2. The summed E-state index contributed by atoms with van der Waals surface area (Å²) in [6.07, 6.45) is 10.1. The van der Waals surface area contributed by atoms with Gasteiger partial charge in [-0.05, 0) is 67.9 Å². The van der Waals surface area contributed by atoms with Gasteiger partial charge in [-0.25, -0.2) is 0 Å². The van der Waals surface area contributed by atoms with E-state index in [1.165, 1.54) is 10.9 Å². The van der Waals surface area contributed by atoms with Gasteiger partial charge in [0, 0.05) is 40.7 Å². The highest BCUT2D eigenvalue weighted by Crippen LogP contribution is 2.66. The first-order valence-corrected chi connectivity index (χ1v) is 13.9. The molecule has 2 saturated heterocycles. The molecule has 8 atom stereocenters. The van der Waals surface area contributed by atoms with Crippen LogP contribution in [0.3, 0.4) is 0 Å². The van der Waals surface area contributed by atoms with Gasteiger partial charge in [-0.15, -0.1) is 0 Å². The number of fused-ring (bicyclic) bond motifs is 5. The zero-order valence-corrected chi connectivity index (χ0v) is 22.4. The second-order valence-corrected chi connectivity index (χ2v) is 12.2. The van der Waals surface area contributed by atoms with Crippen molar-refractivity contribution < 1.29 is 14.3 Å². The van der Waals surface area contributed by atoms with Crippen LogP contribution in [-0.4, -0.2) is 39.4 Å². The lowest BCUT2D eigenvalue weighted by atomic mass is 9.52. The fourth-order valence-electron chi connectivity index (χ4n) is 8.03. The molecule has 1 aliphatic carbocycles. The number of hydrogen-bond donors (Lipinski definition) is 3. The Morgan fingerprint density at radius 2 is 1.92 bits per heavy atom. The summed E-state index contributed by atoms with van der Waals surface area (Å²) >= 11 is 0. The molecule has 1 aromatic carbocycles. The SMILES string of the molecule is C/C1=C\[C@@H](C)C/C=C/[C@H]2[C@@H]3O[C@]3(C)[C@@H](C)C3[C@H](Cc4c[nH]c5ccccc45)NC(=O)[C@]32c2ccc([nH]2)C1=O. The molecular formula is C32H35N3O3. The molecule has 1 amide bonds. The van der Waals surface area contributed by atoms with E-state index in [0.29, 0.717) is 5.69 Å². The Kier molecular flexibility index (Phi) is 5.03. The van der Waals surface area contributed by atoms with E-state index in [2.05, 4.69) is 72.6 Å². The molecule has 3 aromatic rings. The normalized spacial score (nSPS) is 40.2. The van der Waals surface area contributed by atoms with Gasteiger partial charge in [-0.2, -0.15) is 0 Å². The van der Waals surface area contributed by atoms with E-state index in [9.17, 15) is 9.59 Å². The number of rotatable bonds is 2. The lowest BCUT2D eigenvalue weighted by Gasteiger charge is -2.46. The second-order valence-electron chi connectivity index (χ2n) is 12.2. The lowest BCUT2D eigenvalue weighted by molar-refractivity contribution is -0.127. The molecule has 2 aromatic heterocycles. The molecule has 3 fully saturated rings. The van der Waals surface area contributed by atoms with Crippen molar-refractivity contribution in [3.63, 3.8) is 0 Å². The van der Waals surface area contributed by atoms with E-state index >= 15 is 0 Å². The zero-order chi connectivity index (χ0) is 26.4. The molecule has 1 unspecified atom stereocenters. The highest BCUT2D eigenvalue weighted by molar-refractivity contribution is 6.07. The van der Waals surface area contributed by atoms with Gasteiger partial charge in [0.2, 0.25) is 11.7 Å². The van der Waals surface area contributed by atoms with E-state index < -0.39 is 5.41 Å². The molecule has 7 rings (SSSR count). The van der Waals surface area contributed by atoms with Gasteiger partial charge >= 0.3 is 0 Å². The van der Waals surface area contributed by atoms with Crippen LogP contribution in [0, 0.1) is 23.7 Å². The molecule has 5 heterocycles. The number of ketones is 1. The summed E-state index contributed by atoms with van der Waals surface area (Å²) in [7, 11) is 0. The highest BCUT2D eigenvalue weighted by Gasteiger charge is 2.77. The number of allylic oxidation sites excluding steroid dienone is 3. The number of Topliss-reactive ketones (excluding diaryl/α,β-unsaturated/α-hetero) is 1. The molecule has 4 aliphatic rings. The summed E-state index contributed by atoms with van der Waals surface area (Å²) in [5, 5.41) is 4.65. The zero-order valence-electron chi connectivity index (χ0n) is 22.4. The van der Waals surface area contributed by atoms with Crippen LogP contribution >= 0.6 is 0 Å². The Morgan fingerprint density at radius 1 is 1.11 bits per heavy atom. The molecule has 6 heteroatoms. The molecule has 6 nitrogen and oxygen atoms in total. The third kappa shape index (κ3) is 3.10. The minimum absolute atomic E-state index is 0.0118. The largest absolute Gasteiger partial charge is 0.365 e. The lowest BCUT2D eigenvalue weighted by Crippen LogP contribution is -2.57. The summed E-state index contributed by atoms with van der Waals surface area (Å²) in [5.41, 5.74) is 3.29. The summed E-state index contributed by atoms with van der Waals surface area (Å²) < 4.78 is 6.49. The van der Waals surface area contributed by atoms with Crippen molar-refractivity contribution in [1.29, 1.82) is 0 Å². The number of benzene rings is 1. The number of nitrogens with one attached hydrogen (secondary N) is 3. The quantitative estimate of drug-likeness (QED) is 0.326. The number of ether oxygens (including phenoxy) is 1.